The van der Waals surface area contributed by atoms with Crippen LogP contribution in [-0.2, 0) is 4.74 Å². The number of halogens is 1. The van der Waals surface area contributed by atoms with Crippen LogP contribution in [0.25, 0.3) is 5.69 Å². The van der Waals surface area contributed by atoms with Crippen molar-refractivity contribution in [1.29, 1.82) is 0 Å². The van der Waals surface area contributed by atoms with Gasteiger partial charge in [0.25, 0.3) is 0 Å². The Balaban J connectivity index is 1.79. The molecule has 2 atom stereocenters. The average Bonchev–Trinajstić information content (AvgIpc) is 3.14. The molecule has 0 saturated carbocycles. The van der Waals surface area contributed by atoms with Gasteiger partial charge >= 0.3 is 0 Å². The van der Waals surface area contributed by atoms with Crippen molar-refractivity contribution in [3.05, 3.63) is 30.3 Å². The van der Waals surface area contributed by atoms with Gasteiger partial charge in [-0.3, -0.25) is 0 Å². The van der Waals surface area contributed by atoms with Crippen LogP contribution in [0.5, 0.6) is 0 Å². The van der Waals surface area contributed by atoms with E-state index in [2.05, 4.69) is 20.8 Å². The highest BCUT2D eigenvalue weighted by Gasteiger charge is 2.23. The van der Waals surface area contributed by atoms with Crippen LogP contribution in [0.4, 0.5) is 10.1 Å². The lowest BCUT2D eigenvalue weighted by molar-refractivity contribution is 0.183. The maximum atomic E-state index is 13.9. The van der Waals surface area contributed by atoms with Gasteiger partial charge in [-0.25, -0.2) is 9.07 Å². The fourth-order valence-electron chi connectivity index (χ4n) is 2.36. The molecule has 1 saturated heterocycles. The van der Waals surface area contributed by atoms with Gasteiger partial charge in [0.2, 0.25) is 0 Å². The third-order valence-corrected chi connectivity index (χ3v) is 3.62. The Morgan fingerprint density at radius 2 is 2.40 bits per heavy atom. The highest BCUT2D eigenvalue weighted by molar-refractivity contribution is 5.52. The van der Waals surface area contributed by atoms with Gasteiger partial charge in [0.1, 0.15) is 12.1 Å². The summed E-state index contributed by atoms with van der Waals surface area (Å²) in [5, 5.41) is 14.2. The Morgan fingerprint density at radius 3 is 3.10 bits per heavy atom. The number of ether oxygens (including phenoxy) is 1. The summed E-state index contributed by atoms with van der Waals surface area (Å²) in [5.74, 6) is 0.124. The first kappa shape index (κ1) is 13.0. The summed E-state index contributed by atoms with van der Waals surface area (Å²) in [4.78, 5) is 0. The lowest BCUT2D eigenvalue weighted by Crippen LogP contribution is -2.26. The first-order valence-electron chi connectivity index (χ1n) is 6.61. The minimum Gasteiger partial charge on any atom is -0.381 e. The number of benzene rings is 1. The minimum atomic E-state index is -0.285. The van der Waals surface area contributed by atoms with Crippen molar-refractivity contribution in [2.75, 3.05) is 18.5 Å². The molecule has 20 heavy (non-hydrogen) atoms. The quantitative estimate of drug-likeness (QED) is 0.920. The molecule has 106 valence electrons. The molecule has 0 amide bonds. The Bertz CT molecular complexity index is 568. The number of hydrogen-bond acceptors (Lipinski definition) is 5. The van der Waals surface area contributed by atoms with Gasteiger partial charge in [-0.2, -0.15) is 0 Å². The molecule has 1 N–H and O–H groups in total. The van der Waals surface area contributed by atoms with Gasteiger partial charge in [-0.1, -0.05) is 0 Å². The smallest absolute Gasteiger partial charge is 0.146 e. The van der Waals surface area contributed by atoms with Crippen LogP contribution in [0.3, 0.4) is 0 Å². The van der Waals surface area contributed by atoms with Crippen LogP contribution in [0.2, 0.25) is 0 Å². The molecule has 0 aliphatic carbocycles. The number of anilines is 1. The Kier molecular flexibility index (Phi) is 3.60. The Labute approximate surface area is 115 Å². The predicted octanol–water partition coefficient (Wildman–Crippen LogP) is 1.64. The molecule has 1 aliphatic heterocycles. The molecule has 3 rings (SSSR count). The lowest BCUT2D eigenvalue weighted by Gasteiger charge is -2.21. The number of tetrazole rings is 1. The fraction of sp³-hybridized carbons (Fsp3) is 0.462. The van der Waals surface area contributed by atoms with Crippen molar-refractivity contribution >= 4 is 5.69 Å². The first-order chi connectivity index (χ1) is 9.74. The van der Waals surface area contributed by atoms with Crippen LogP contribution < -0.4 is 5.32 Å². The summed E-state index contributed by atoms with van der Waals surface area (Å²) in [6.45, 7) is 3.55. The van der Waals surface area contributed by atoms with E-state index >= 15 is 0 Å². The summed E-state index contributed by atoms with van der Waals surface area (Å²) in [6.07, 6.45) is 2.48. The maximum Gasteiger partial charge on any atom is 0.146 e. The van der Waals surface area contributed by atoms with E-state index in [1.165, 1.54) is 17.1 Å². The van der Waals surface area contributed by atoms with Crippen molar-refractivity contribution < 1.29 is 9.13 Å². The summed E-state index contributed by atoms with van der Waals surface area (Å²) in [6, 6.07) is 4.91. The average molecular weight is 277 g/mol. The van der Waals surface area contributed by atoms with E-state index in [1.807, 2.05) is 6.92 Å². The SMILES string of the molecule is CC(Nc1cc(-n2cnnn2)ccc1F)C1CCOC1. The third kappa shape index (κ3) is 2.62. The van der Waals surface area contributed by atoms with Crippen LogP contribution in [0.15, 0.2) is 24.5 Å². The normalized spacial score (nSPS) is 20.0. The monoisotopic (exact) mass is 277 g/mol. The van der Waals surface area contributed by atoms with Crippen molar-refractivity contribution in [3.8, 4) is 5.69 Å². The molecule has 2 unspecified atom stereocenters. The summed E-state index contributed by atoms with van der Waals surface area (Å²) in [7, 11) is 0. The second-order valence-corrected chi connectivity index (χ2v) is 4.98. The molecule has 1 aromatic heterocycles. The standard InChI is InChI=1S/C13H16FN5O/c1-9(10-4-5-20-7-10)16-13-6-11(2-3-12(13)14)19-8-15-17-18-19/h2-3,6,8-10,16H,4-5,7H2,1H3. The molecule has 7 heteroatoms. The van der Waals surface area contributed by atoms with Gasteiger partial charge < -0.3 is 10.1 Å². The molecule has 0 spiro atoms. The number of hydrogen-bond donors (Lipinski definition) is 1. The number of nitrogens with zero attached hydrogens (tertiary/aromatic N) is 4. The molecular weight excluding hydrogens is 261 g/mol. The number of nitrogens with one attached hydrogen (secondary N) is 1. The zero-order valence-electron chi connectivity index (χ0n) is 11.2. The van der Waals surface area contributed by atoms with Gasteiger partial charge in [0, 0.05) is 18.6 Å². The fourth-order valence-corrected chi connectivity index (χ4v) is 2.36. The van der Waals surface area contributed by atoms with Crippen LogP contribution in [0, 0.1) is 11.7 Å². The lowest BCUT2D eigenvalue weighted by atomic mass is 10.0. The second-order valence-electron chi connectivity index (χ2n) is 4.98. The van der Waals surface area contributed by atoms with Crippen molar-refractivity contribution in [2.24, 2.45) is 5.92 Å². The molecule has 1 fully saturated rings. The van der Waals surface area contributed by atoms with Gasteiger partial charge in [0.05, 0.1) is 18.0 Å². The molecular formula is C13H16FN5O. The van der Waals surface area contributed by atoms with E-state index in [1.54, 1.807) is 12.1 Å². The van der Waals surface area contributed by atoms with E-state index in [-0.39, 0.29) is 11.9 Å². The summed E-state index contributed by atoms with van der Waals surface area (Å²) >= 11 is 0. The topological polar surface area (TPSA) is 64.9 Å². The van der Waals surface area contributed by atoms with E-state index in [0.29, 0.717) is 17.3 Å². The van der Waals surface area contributed by atoms with E-state index in [0.717, 1.165) is 19.6 Å². The second kappa shape index (κ2) is 5.54. The molecule has 1 aromatic carbocycles. The zero-order chi connectivity index (χ0) is 13.9. The van der Waals surface area contributed by atoms with E-state index < -0.39 is 0 Å². The van der Waals surface area contributed by atoms with Crippen LogP contribution in [-0.4, -0.2) is 39.5 Å². The van der Waals surface area contributed by atoms with Crippen LogP contribution >= 0.6 is 0 Å². The van der Waals surface area contributed by atoms with Gasteiger partial charge in [0.15, 0.2) is 0 Å². The van der Waals surface area contributed by atoms with Gasteiger partial charge in [-0.05, 0) is 42.0 Å². The number of aromatic nitrogens is 4. The highest BCUT2D eigenvalue weighted by Crippen LogP contribution is 2.23. The van der Waals surface area contributed by atoms with E-state index in [9.17, 15) is 4.39 Å². The molecule has 0 bridgehead atoms. The van der Waals surface area contributed by atoms with Crippen molar-refractivity contribution in [2.45, 2.75) is 19.4 Å². The first-order valence-corrected chi connectivity index (χ1v) is 6.61. The van der Waals surface area contributed by atoms with Crippen LogP contribution in [0.1, 0.15) is 13.3 Å². The predicted molar refractivity (Wildman–Crippen MR) is 71.1 cm³/mol. The summed E-state index contributed by atoms with van der Waals surface area (Å²) < 4.78 is 20.8. The molecule has 0 radical (unpaired) electrons. The third-order valence-electron chi connectivity index (χ3n) is 3.62. The van der Waals surface area contributed by atoms with Gasteiger partial charge in [-0.15, -0.1) is 5.10 Å². The Morgan fingerprint density at radius 1 is 1.50 bits per heavy atom. The molecule has 6 nitrogen and oxygen atoms in total. The zero-order valence-corrected chi connectivity index (χ0v) is 11.2. The number of rotatable bonds is 4. The van der Waals surface area contributed by atoms with E-state index in [4.69, 9.17) is 4.74 Å². The largest absolute Gasteiger partial charge is 0.381 e. The highest BCUT2D eigenvalue weighted by atomic mass is 19.1. The van der Waals surface area contributed by atoms with Crippen molar-refractivity contribution in [1.82, 2.24) is 20.2 Å². The minimum absolute atomic E-state index is 0.149. The Hall–Kier alpha value is -2.02. The molecule has 2 aromatic rings. The maximum absolute atomic E-state index is 13.9. The molecule has 1 aliphatic rings. The summed E-state index contributed by atoms with van der Waals surface area (Å²) in [5.41, 5.74) is 1.17. The van der Waals surface area contributed by atoms with Crippen molar-refractivity contribution in [3.63, 3.8) is 0 Å². The molecule has 2 heterocycles.